The van der Waals surface area contributed by atoms with Gasteiger partial charge in [-0.15, -0.1) is 0 Å². The lowest BCUT2D eigenvalue weighted by Gasteiger charge is -2.19. The molecule has 25 heavy (non-hydrogen) atoms. The summed E-state index contributed by atoms with van der Waals surface area (Å²) in [6, 6.07) is 17.8. The molecule has 4 nitrogen and oxygen atoms in total. The number of carbonyl (C=O) groups is 2. The second-order valence-corrected chi connectivity index (χ2v) is 6.57. The molecule has 1 aliphatic rings. The Morgan fingerprint density at radius 2 is 1.84 bits per heavy atom. The molecule has 1 aliphatic heterocycles. The molecule has 3 rings (SSSR count). The van der Waals surface area contributed by atoms with Crippen LogP contribution in [0.15, 0.2) is 54.6 Å². The fourth-order valence-corrected chi connectivity index (χ4v) is 3.20. The second kappa shape index (κ2) is 7.51. The minimum atomic E-state index is -0.301. The van der Waals surface area contributed by atoms with Gasteiger partial charge in [0.2, 0.25) is 11.8 Å². The normalized spacial score (nSPS) is 18.2. The molecule has 1 saturated heterocycles. The summed E-state index contributed by atoms with van der Waals surface area (Å²) in [6.45, 7) is 4.51. The van der Waals surface area contributed by atoms with Crippen molar-refractivity contribution in [1.29, 1.82) is 0 Å². The van der Waals surface area contributed by atoms with E-state index in [4.69, 9.17) is 0 Å². The van der Waals surface area contributed by atoms with Gasteiger partial charge in [0.05, 0.1) is 12.0 Å². The van der Waals surface area contributed by atoms with E-state index in [0.717, 1.165) is 17.7 Å². The van der Waals surface area contributed by atoms with Gasteiger partial charge >= 0.3 is 0 Å². The molecule has 0 radical (unpaired) electrons. The van der Waals surface area contributed by atoms with E-state index < -0.39 is 0 Å². The molecule has 2 amide bonds. The Morgan fingerprint density at radius 1 is 1.16 bits per heavy atom. The summed E-state index contributed by atoms with van der Waals surface area (Å²) in [6.07, 6.45) is 1.24. The number of hydrogen-bond acceptors (Lipinski definition) is 2. The maximum absolute atomic E-state index is 12.6. The monoisotopic (exact) mass is 336 g/mol. The number of rotatable bonds is 5. The van der Waals surface area contributed by atoms with Gasteiger partial charge in [0, 0.05) is 18.7 Å². The maximum atomic E-state index is 12.6. The third kappa shape index (κ3) is 3.90. The van der Waals surface area contributed by atoms with Crippen LogP contribution in [0.25, 0.3) is 0 Å². The van der Waals surface area contributed by atoms with E-state index in [1.807, 2.05) is 61.5 Å². The Morgan fingerprint density at radius 3 is 2.48 bits per heavy atom. The summed E-state index contributed by atoms with van der Waals surface area (Å²) >= 11 is 0. The number of hydrogen-bond donors (Lipinski definition) is 1. The first-order chi connectivity index (χ1) is 12.1. The number of amides is 2. The van der Waals surface area contributed by atoms with Crippen LogP contribution in [0.2, 0.25) is 0 Å². The predicted molar refractivity (Wildman–Crippen MR) is 99.3 cm³/mol. The molecule has 2 atom stereocenters. The third-order valence-electron chi connectivity index (χ3n) is 4.81. The Balaban J connectivity index is 1.64. The number of carbonyl (C=O) groups excluding carboxylic acids is 2. The van der Waals surface area contributed by atoms with E-state index >= 15 is 0 Å². The van der Waals surface area contributed by atoms with Crippen molar-refractivity contribution in [1.82, 2.24) is 5.32 Å². The highest BCUT2D eigenvalue weighted by molar-refractivity contribution is 6.00. The Hall–Kier alpha value is -2.62. The highest BCUT2D eigenvalue weighted by atomic mass is 16.2. The molecule has 0 saturated carbocycles. The summed E-state index contributed by atoms with van der Waals surface area (Å²) in [4.78, 5) is 26.6. The summed E-state index contributed by atoms with van der Waals surface area (Å²) in [5, 5.41) is 3.03. The Kier molecular flexibility index (Phi) is 5.17. The zero-order valence-corrected chi connectivity index (χ0v) is 14.7. The van der Waals surface area contributed by atoms with Crippen molar-refractivity contribution >= 4 is 17.5 Å². The number of nitrogens with zero attached hydrogens (tertiary/aromatic N) is 1. The van der Waals surface area contributed by atoms with Gasteiger partial charge in [0.1, 0.15) is 0 Å². The van der Waals surface area contributed by atoms with Crippen LogP contribution in [0, 0.1) is 5.92 Å². The van der Waals surface area contributed by atoms with Gasteiger partial charge in [-0.25, -0.2) is 0 Å². The second-order valence-electron chi connectivity index (χ2n) is 6.57. The number of benzene rings is 2. The summed E-state index contributed by atoms with van der Waals surface area (Å²) in [5.41, 5.74) is 3.17. The van der Waals surface area contributed by atoms with E-state index in [9.17, 15) is 9.59 Å². The minimum Gasteiger partial charge on any atom is -0.349 e. The van der Waals surface area contributed by atoms with Crippen molar-refractivity contribution < 1.29 is 9.59 Å². The van der Waals surface area contributed by atoms with Gasteiger partial charge in [-0.1, -0.05) is 49.4 Å². The molecule has 1 N–H and O–H groups in total. The lowest BCUT2D eigenvalue weighted by Crippen LogP contribution is -2.34. The topological polar surface area (TPSA) is 49.4 Å². The maximum Gasteiger partial charge on any atom is 0.227 e. The van der Waals surface area contributed by atoms with Crippen LogP contribution >= 0.6 is 0 Å². The number of nitrogens with one attached hydrogen (secondary N) is 1. The summed E-state index contributed by atoms with van der Waals surface area (Å²) in [5.74, 6) is -0.348. The minimum absolute atomic E-state index is 0.0109. The van der Waals surface area contributed by atoms with Crippen molar-refractivity contribution in [2.45, 2.75) is 32.7 Å². The summed E-state index contributed by atoms with van der Waals surface area (Å²) in [7, 11) is 0. The molecule has 0 unspecified atom stereocenters. The Bertz CT molecular complexity index is 740. The first kappa shape index (κ1) is 17.2. The molecule has 1 fully saturated rings. The molecular weight excluding hydrogens is 312 g/mol. The van der Waals surface area contributed by atoms with Gasteiger partial charge in [0.15, 0.2) is 0 Å². The van der Waals surface area contributed by atoms with E-state index in [1.165, 1.54) is 5.56 Å². The molecule has 4 heteroatoms. The quantitative estimate of drug-likeness (QED) is 0.909. The molecule has 0 aliphatic carbocycles. The van der Waals surface area contributed by atoms with E-state index in [1.54, 1.807) is 4.90 Å². The van der Waals surface area contributed by atoms with Gasteiger partial charge in [-0.2, -0.15) is 0 Å². The largest absolute Gasteiger partial charge is 0.349 e. The third-order valence-corrected chi connectivity index (χ3v) is 4.81. The van der Waals surface area contributed by atoms with Gasteiger partial charge in [-0.05, 0) is 36.6 Å². The van der Waals surface area contributed by atoms with Crippen molar-refractivity contribution in [3.63, 3.8) is 0 Å². The number of anilines is 1. The van der Waals surface area contributed by atoms with Crippen molar-refractivity contribution in [3.8, 4) is 0 Å². The van der Waals surface area contributed by atoms with Crippen molar-refractivity contribution in [2.75, 3.05) is 11.4 Å². The smallest absolute Gasteiger partial charge is 0.227 e. The van der Waals surface area contributed by atoms with Gasteiger partial charge in [0.25, 0.3) is 0 Å². The zero-order chi connectivity index (χ0) is 17.8. The van der Waals surface area contributed by atoms with Crippen LogP contribution in [0.5, 0.6) is 0 Å². The average molecular weight is 336 g/mol. The molecule has 2 aromatic rings. The molecule has 0 spiro atoms. The molecule has 0 bridgehead atoms. The van der Waals surface area contributed by atoms with Crippen LogP contribution in [-0.2, 0) is 16.0 Å². The molecule has 2 aromatic carbocycles. The molecule has 130 valence electrons. The standard InChI is InChI=1S/C21H24N2O2/c1-3-16-9-11-19(12-10-16)23-14-18(13-20(23)24)21(25)22-15(2)17-7-5-4-6-8-17/h4-12,15,18H,3,13-14H2,1-2H3,(H,22,25)/t15-,18-/m1/s1. The van der Waals surface area contributed by atoms with E-state index in [2.05, 4.69) is 12.2 Å². The van der Waals surface area contributed by atoms with Crippen molar-refractivity contribution in [3.05, 3.63) is 65.7 Å². The van der Waals surface area contributed by atoms with Crippen molar-refractivity contribution in [2.24, 2.45) is 5.92 Å². The molecular formula is C21H24N2O2. The summed E-state index contributed by atoms with van der Waals surface area (Å²) < 4.78 is 0. The lowest BCUT2D eigenvalue weighted by atomic mass is 10.1. The average Bonchev–Trinajstić information content (AvgIpc) is 3.04. The number of aryl methyl sites for hydroxylation is 1. The first-order valence-corrected chi connectivity index (χ1v) is 8.83. The highest BCUT2D eigenvalue weighted by Crippen LogP contribution is 2.26. The van der Waals surface area contributed by atoms with Crippen LogP contribution in [0.4, 0.5) is 5.69 Å². The molecule has 1 heterocycles. The first-order valence-electron chi connectivity index (χ1n) is 8.83. The molecule has 0 aromatic heterocycles. The Labute approximate surface area is 148 Å². The van der Waals surface area contributed by atoms with E-state index in [-0.39, 0.29) is 30.2 Å². The van der Waals surface area contributed by atoms with Crippen LogP contribution in [0.1, 0.15) is 37.4 Å². The fraction of sp³-hybridized carbons (Fsp3) is 0.333. The van der Waals surface area contributed by atoms with Crippen LogP contribution in [0.3, 0.4) is 0 Å². The van der Waals surface area contributed by atoms with Gasteiger partial charge in [-0.3, -0.25) is 9.59 Å². The predicted octanol–water partition coefficient (Wildman–Crippen LogP) is 3.48. The van der Waals surface area contributed by atoms with Crippen LogP contribution < -0.4 is 10.2 Å². The fourth-order valence-electron chi connectivity index (χ4n) is 3.20. The SMILES string of the molecule is CCc1ccc(N2C[C@H](C(=O)N[C@H](C)c3ccccc3)CC2=O)cc1. The highest BCUT2D eigenvalue weighted by Gasteiger charge is 2.35. The van der Waals surface area contributed by atoms with Gasteiger partial charge < -0.3 is 10.2 Å². The van der Waals surface area contributed by atoms with Crippen LogP contribution in [-0.4, -0.2) is 18.4 Å². The van der Waals surface area contributed by atoms with E-state index in [0.29, 0.717) is 6.54 Å². The zero-order valence-electron chi connectivity index (χ0n) is 14.7. The lowest BCUT2D eigenvalue weighted by molar-refractivity contribution is -0.126.